The fraction of sp³-hybridized carbons (Fsp3) is 0.381. The number of nitrogens with one attached hydrogen (secondary N) is 1. The summed E-state index contributed by atoms with van der Waals surface area (Å²) in [6.45, 7) is 5.47. The molecule has 166 valence electrons. The smallest absolute Gasteiger partial charge is 0.229 e. The van der Waals surface area contributed by atoms with Crippen LogP contribution in [0.25, 0.3) is 0 Å². The lowest BCUT2D eigenvalue weighted by Crippen LogP contribution is -2.46. The van der Waals surface area contributed by atoms with E-state index in [2.05, 4.69) is 38.8 Å². The third-order valence-corrected chi connectivity index (χ3v) is 5.48. The Bertz CT molecular complexity index is 903. The molecule has 1 saturated heterocycles. The summed E-state index contributed by atoms with van der Waals surface area (Å²) in [6.07, 6.45) is 1.46. The average molecular weight is 474 g/mol. The highest BCUT2D eigenvalue weighted by molar-refractivity contribution is 7.92. The summed E-state index contributed by atoms with van der Waals surface area (Å²) in [6, 6.07) is 17.2. The van der Waals surface area contributed by atoms with Gasteiger partial charge in [0.05, 0.1) is 11.9 Å². The first-order chi connectivity index (χ1) is 13.4. The molecule has 1 aliphatic heterocycles. The van der Waals surface area contributed by atoms with E-state index in [1.807, 2.05) is 6.07 Å². The second-order valence-electron chi connectivity index (χ2n) is 7.20. The lowest BCUT2D eigenvalue weighted by Gasteiger charge is -2.34. The molecule has 30 heavy (non-hydrogen) atoms. The molecule has 1 heterocycles. The van der Waals surface area contributed by atoms with Crippen molar-refractivity contribution < 1.29 is 13.2 Å². The predicted molar refractivity (Wildman–Crippen MR) is 127 cm³/mol. The lowest BCUT2D eigenvalue weighted by molar-refractivity contribution is 0.0923. The zero-order chi connectivity index (χ0) is 20.0. The van der Waals surface area contributed by atoms with E-state index in [-0.39, 0.29) is 30.6 Å². The number of benzene rings is 2. The van der Waals surface area contributed by atoms with Crippen LogP contribution in [0.1, 0.15) is 22.3 Å². The molecule has 0 aromatic heterocycles. The van der Waals surface area contributed by atoms with Crippen LogP contribution < -0.4 is 4.72 Å². The molecule has 1 fully saturated rings. The van der Waals surface area contributed by atoms with Gasteiger partial charge >= 0.3 is 0 Å². The Labute approximate surface area is 191 Å². The Hall–Kier alpha value is -1.64. The molecule has 0 amide bonds. The van der Waals surface area contributed by atoms with E-state index in [9.17, 15) is 13.2 Å². The molecule has 1 aliphatic rings. The normalized spacial score (nSPS) is 15.0. The zero-order valence-corrected chi connectivity index (χ0v) is 19.4. The molecule has 1 N–H and O–H groups in total. The Kier molecular flexibility index (Phi) is 10.8. The number of carbonyl (C=O) groups excluding carboxylic acids is 1. The highest BCUT2D eigenvalue weighted by atomic mass is 35.5. The van der Waals surface area contributed by atoms with Crippen LogP contribution in [-0.2, 0) is 16.6 Å². The van der Waals surface area contributed by atoms with Gasteiger partial charge in [-0.2, -0.15) is 0 Å². The highest BCUT2D eigenvalue weighted by Crippen LogP contribution is 2.18. The van der Waals surface area contributed by atoms with E-state index in [1.165, 1.54) is 5.56 Å². The number of hydrogen-bond acceptors (Lipinski definition) is 5. The standard InChI is InChI=1S/C21H27N3O3S.2ClH/c1-28(26,27)22-20-10-6-5-9-19(20)21(25)11-12-23-13-15-24(16-14-23)17-18-7-3-2-4-8-18;;/h2-10,22H,11-17H2,1H3;2*1H. The fourth-order valence-electron chi connectivity index (χ4n) is 3.42. The number of rotatable bonds is 8. The molecule has 9 heteroatoms. The molecule has 0 unspecified atom stereocenters. The fourth-order valence-corrected chi connectivity index (χ4v) is 4.00. The van der Waals surface area contributed by atoms with Crippen LogP contribution in [0.5, 0.6) is 0 Å². The summed E-state index contributed by atoms with van der Waals surface area (Å²) >= 11 is 0. The number of Topliss-reactive ketones (excluding diaryl/α,β-unsaturated/α-hetero) is 1. The largest absolute Gasteiger partial charge is 0.300 e. The van der Waals surface area contributed by atoms with Gasteiger partial charge in [0, 0.05) is 51.3 Å². The molecule has 0 radical (unpaired) electrons. The number of ketones is 1. The minimum absolute atomic E-state index is 0. The summed E-state index contributed by atoms with van der Waals surface area (Å²) in [5.74, 6) is -0.0431. The molecule has 0 atom stereocenters. The van der Waals surface area contributed by atoms with Crippen molar-refractivity contribution in [2.24, 2.45) is 0 Å². The maximum Gasteiger partial charge on any atom is 0.229 e. The molecule has 3 rings (SSSR count). The average Bonchev–Trinajstić information content (AvgIpc) is 2.67. The van der Waals surface area contributed by atoms with Crippen LogP contribution in [0.3, 0.4) is 0 Å². The maximum atomic E-state index is 12.6. The van der Waals surface area contributed by atoms with Gasteiger partial charge in [-0.3, -0.25) is 14.4 Å². The molecule has 0 bridgehead atoms. The Morgan fingerprint density at radius 2 is 1.47 bits per heavy atom. The summed E-state index contributed by atoms with van der Waals surface area (Å²) < 4.78 is 25.4. The van der Waals surface area contributed by atoms with Crippen molar-refractivity contribution in [1.82, 2.24) is 9.80 Å². The highest BCUT2D eigenvalue weighted by Gasteiger charge is 2.19. The Morgan fingerprint density at radius 3 is 2.10 bits per heavy atom. The second kappa shape index (κ2) is 12.3. The second-order valence-corrected chi connectivity index (χ2v) is 8.94. The van der Waals surface area contributed by atoms with Crippen LogP contribution in [-0.4, -0.2) is 63.0 Å². The van der Waals surface area contributed by atoms with Crippen LogP contribution in [0.15, 0.2) is 54.6 Å². The van der Waals surface area contributed by atoms with E-state index in [0.29, 0.717) is 24.2 Å². The number of para-hydroxylation sites is 1. The third kappa shape index (κ3) is 8.24. The first kappa shape index (κ1) is 26.4. The number of nitrogens with zero attached hydrogens (tertiary/aromatic N) is 2. The number of halogens is 2. The van der Waals surface area contributed by atoms with Crippen LogP contribution in [0, 0.1) is 0 Å². The number of sulfonamides is 1. The molecule has 0 aliphatic carbocycles. The van der Waals surface area contributed by atoms with Gasteiger partial charge < -0.3 is 4.90 Å². The van der Waals surface area contributed by atoms with E-state index in [1.54, 1.807) is 24.3 Å². The van der Waals surface area contributed by atoms with Gasteiger partial charge in [0.1, 0.15) is 0 Å². The Balaban J connectivity index is 0.00000225. The van der Waals surface area contributed by atoms with Gasteiger partial charge in [0.2, 0.25) is 10.0 Å². The first-order valence-corrected chi connectivity index (χ1v) is 11.4. The minimum Gasteiger partial charge on any atom is -0.300 e. The molecule has 0 saturated carbocycles. The van der Waals surface area contributed by atoms with Crippen molar-refractivity contribution in [3.05, 3.63) is 65.7 Å². The van der Waals surface area contributed by atoms with E-state index in [4.69, 9.17) is 0 Å². The minimum atomic E-state index is -3.42. The summed E-state index contributed by atoms with van der Waals surface area (Å²) in [4.78, 5) is 17.4. The number of hydrogen-bond donors (Lipinski definition) is 1. The molecule has 2 aromatic carbocycles. The first-order valence-electron chi connectivity index (χ1n) is 9.49. The Morgan fingerprint density at radius 1 is 0.900 bits per heavy atom. The molecule has 2 aromatic rings. The number of carbonyl (C=O) groups is 1. The SMILES string of the molecule is CS(=O)(=O)Nc1ccccc1C(=O)CCN1CCN(Cc2ccccc2)CC1.Cl.Cl. The topological polar surface area (TPSA) is 69.7 Å². The van der Waals surface area contributed by atoms with Gasteiger partial charge in [-0.1, -0.05) is 42.5 Å². The lowest BCUT2D eigenvalue weighted by atomic mass is 10.1. The van der Waals surface area contributed by atoms with Crippen molar-refractivity contribution in [2.45, 2.75) is 13.0 Å². The zero-order valence-electron chi connectivity index (χ0n) is 17.0. The van der Waals surface area contributed by atoms with E-state index in [0.717, 1.165) is 39.0 Å². The van der Waals surface area contributed by atoms with Gasteiger partial charge in [0.15, 0.2) is 5.78 Å². The summed E-state index contributed by atoms with van der Waals surface area (Å²) in [7, 11) is -3.42. The van der Waals surface area contributed by atoms with Crippen molar-refractivity contribution in [3.63, 3.8) is 0 Å². The van der Waals surface area contributed by atoms with Crippen LogP contribution in [0.4, 0.5) is 5.69 Å². The van der Waals surface area contributed by atoms with Gasteiger partial charge in [-0.15, -0.1) is 24.8 Å². The maximum absolute atomic E-state index is 12.6. The monoisotopic (exact) mass is 473 g/mol. The van der Waals surface area contributed by atoms with Crippen molar-refractivity contribution in [2.75, 3.05) is 43.7 Å². The number of piperazine rings is 1. The van der Waals surface area contributed by atoms with Crippen LogP contribution >= 0.6 is 24.8 Å². The molecular weight excluding hydrogens is 445 g/mol. The van der Waals surface area contributed by atoms with Gasteiger partial charge in [-0.05, 0) is 17.7 Å². The van der Waals surface area contributed by atoms with Crippen LogP contribution in [0.2, 0.25) is 0 Å². The summed E-state index contributed by atoms with van der Waals surface area (Å²) in [5.41, 5.74) is 2.10. The molecule has 6 nitrogen and oxygen atoms in total. The predicted octanol–water partition coefficient (Wildman–Crippen LogP) is 3.29. The number of anilines is 1. The van der Waals surface area contributed by atoms with Gasteiger partial charge in [-0.25, -0.2) is 8.42 Å². The van der Waals surface area contributed by atoms with E-state index < -0.39 is 10.0 Å². The summed E-state index contributed by atoms with van der Waals surface area (Å²) in [5, 5.41) is 0. The van der Waals surface area contributed by atoms with Crippen molar-refractivity contribution in [3.8, 4) is 0 Å². The molecule has 0 spiro atoms. The van der Waals surface area contributed by atoms with Crippen molar-refractivity contribution in [1.29, 1.82) is 0 Å². The molecular formula is C21H29Cl2N3O3S. The van der Waals surface area contributed by atoms with Crippen molar-refractivity contribution >= 4 is 46.3 Å². The third-order valence-electron chi connectivity index (χ3n) is 4.89. The van der Waals surface area contributed by atoms with Gasteiger partial charge in [0.25, 0.3) is 0 Å². The van der Waals surface area contributed by atoms with E-state index >= 15 is 0 Å². The quantitative estimate of drug-likeness (QED) is 0.595.